The predicted octanol–water partition coefficient (Wildman–Crippen LogP) is 3.20. The Labute approximate surface area is 190 Å². The van der Waals surface area contributed by atoms with Crippen molar-refractivity contribution >= 4 is 22.7 Å². The molecule has 5 rings (SSSR count). The molecular weight excluding hydrogens is 400 g/mol. The molecule has 0 spiro atoms. The Bertz CT molecular complexity index is 995. The van der Waals surface area contributed by atoms with Crippen LogP contribution < -0.4 is 20.3 Å². The molecule has 7 nitrogen and oxygen atoms in total. The number of hydrogen-bond donors (Lipinski definition) is 2. The van der Waals surface area contributed by atoms with Crippen LogP contribution in [0.25, 0.3) is 10.9 Å². The molecule has 2 aromatic rings. The molecule has 0 radical (unpaired) electrons. The first-order valence-electron chi connectivity index (χ1n) is 12.2. The number of aromatic nitrogens is 2. The highest BCUT2D eigenvalue weighted by Crippen LogP contribution is 2.31. The van der Waals surface area contributed by atoms with Gasteiger partial charge in [-0.05, 0) is 76.7 Å². The first-order valence-corrected chi connectivity index (χ1v) is 12.2. The number of ether oxygens (including phenoxy) is 1. The molecular formula is C25H34N6O. The van der Waals surface area contributed by atoms with Crippen LogP contribution in [0.2, 0.25) is 0 Å². The van der Waals surface area contributed by atoms with E-state index in [1.807, 2.05) is 6.07 Å². The third-order valence-corrected chi connectivity index (χ3v) is 6.74. The minimum atomic E-state index is 0.235. The molecule has 0 saturated carbocycles. The normalized spacial score (nSPS) is 21.5. The summed E-state index contributed by atoms with van der Waals surface area (Å²) < 4.78 is 5.73. The van der Waals surface area contributed by atoms with E-state index in [2.05, 4.69) is 38.3 Å². The van der Waals surface area contributed by atoms with E-state index in [1.165, 1.54) is 38.5 Å². The van der Waals surface area contributed by atoms with Crippen LogP contribution in [0.5, 0.6) is 5.75 Å². The van der Waals surface area contributed by atoms with Crippen molar-refractivity contribution in [2.24, 2.45) is 0 Å². The molecule has 0 bridgehead atoms. The van der Waals surface area contributed by atoms with Gasteiger partial charge >= 0.3 is 0 Å². The van der Waals surface area contributed by atoms with E-state index in [4.69, 9.17) is 14.7 Å². The summed E-state index contributed by atoms with van der Waals surface area (Å²) in [7, 11) is 1.71. The Morgan fingerprint density at radius 3 is 2.62 bits per heavy atom. The van der Waals surface area contributed by atoms with E-state index < -0.39 is 0 Å². The summed E-state index contributed by atoms with van der Waals surface area (Å²) in [6.07, 6.45) is 8.75. The third-order valence-electron chi connectivity index (χ3n) is 6.74. The van der Waals surface area contributed by atoms with Crippen LogP contribution in [0.15, 0.2) is 12.1 Å². The maximum atomic E-state index is 5.73. The van der Waals surface area contributed by atoms with Crippen molar-refractivity contribution in [3.05, 3.63) is 17.7 Å². The molecule has 7 heteroatoms. The van der Waals surface area contributed by atoms with Gasteiger partial charge in [0.05, 0.1) is 30.9 Å². The van der Waals surface area contributed by atoms with Crippen molar-refractivity contribution in [1.29, 1.82) is 0 Å². The zero-order valence-corrected chi connectivity index (χ0v) is 19.1. The van der Waals surface area contributed by atoms with Crippen molar-refractivity contribution in [3.63, 3.8) is 0 Å². The topological polar surface area (TPSA) is 65.5 Å². The molecule has 1 aromatic heterocycles. The summed E-state index contributed by atoms with van der Waals surface area (Å²) in [5.41, 5.74) is 1.82. The van der Waals surface area contributed by atoms with Gasteiger partial charge < -0.3 is 15.0 Å². The first-order chi connectivity index (χ1) is 15.8. The fraction of sp³-hybridized carbons (Fsp3) is 0.600. The molecule has 0 amide bonds. The van der Waals surface area contributed by atoms with E-state index in [-0.39, 0.29) is 6.17 Å². The number of methoxy groups -OCH3 is 1. The highest BCUT2D eigenvalue weighted by atomic mass is 16.5. The highest BCUT2D eigenvalue weighted by Gasteiger charge is 2.21. The lowest BCUT2D eigenvalue weighted by Crippen LogP contribution is -2.40. The van der Waals surface area contributed by atoms with Gasteiger partial charge in [0.1, 0.15) is 11.6 Å². The third kappa shape index (κ3) is 4.77. The van der Waals surface area contributed by atoms with Gasteiger partial charge in [-0.1, -0.05) is 11.8 Å². The average molecular weight is 435 g/mol. The largest absolute Gasteiger partial charge is 0.495 e. The van der Waals surface area contributed by atoms with Crippen LogP contribution in [0.4, 0.5) is 11.8 Å². The van der Waals surface area contributed by atoms with Crippen molar-refractivity contribution in [3.8, 4) is 17.6 Å². The van der Waals surface area contributed by atoms with Gasteiger partial charge in [0.25, 0.3) is 0 Å². The Balaban J connectivity index is 1.51. The number of nitrogens with zero attached hydrogens (tertiary/aromatic N) is 4. The summed E-state index contributed by atoms with van der Waals surface area (Å²) >= 11 is 0. The van der Waals surface area contributed by atoms with Gasteiger partial charge in [-0.25, -0.2) is 4.98 Å². The lowest BCUT2D eigenvalue weighted by molar-refractivity contribution is 0.383. The summed E-state index contributed by atoms with van der Waals surface area (Å²) in [5, 5.41) is 8.21. The molecule has 1 aromatic carbocycles. The molecule has 3 fully saturated rings. The molecule has 2 N–H and O–H groups in total. The predicted molar refractivity (Wildman–Crippen MR) is 129 cm³/mol. The molecule has 3 saturated heterocycles. The smallest absolute Gasteiger partial charge is 0.227 e. The van der Waals surface area contributed by atoms with E-state index in [0.717, 1.165) is 79.7 Å². The standard InChI is InChI=1S/C25H34N6O/c1-32-22-18-20-21(17-19(22)9-8-14-30-12-4-5-13-30)27-25(31-15-6-7-16-31)29-24(20)28-23-10-2-3-11-26-23/h17-18,23,26H,2-7,10-16H2,1H3,(H,27,28,29)/t23-/m0/s1. The minimum absolute atomic E-state index is 0.235. The molecule has 3 aliphatic heterocycles. The number of piperidine rings is 1. The van der Waals surface area contributed by atoms with Crippen LogP contribution in [0.1, 0.15) is 50.5 Å². The SMILES string of the molecule is COc1cc2c(N[C@H]3CCCCN3)nc(N3CCCC3)nc2cc1C#CCN1CCCC1. The van der Waals surface area contributed by atoms with Crippen LogP contribution in [-0.2, 0) is 0 Å². The Morgan fingerprint density at radius 1 is 1.06 bits per heavy atom. The molecule has 32 heavy (non-hydrogen) atoms. The van der Waals surface area contributed by atoms with Crippen molar-refractivity contribution in [2.45, 2.75) is 51.1 Å². The van der Waals surface area contributed by atoms with Gasteiger partial charge in [-0.2, -0.15) is 4.98 Å². The quantitative estimate of drug-likeness (QED) is 0.701. The zero-order valence-electron chi connectivity index (χ0n) is 19.1. The lowest BCUT2D eigenvalue weighted by Gasteiger charge is -2.26. The second kappa shape index (κ2) is 9.93. The number of fused-ring (bicyclic) bond motifs is 1. The molecule has 0 unspecified atom stereocenters. The summed E-state index contributed by atoms with van der Waals surface area (Å²) in [4.78, 5) is 14.6. The number of hydrogen-bond acceptors (Lipinski definition) is 7. The fourth-order valence-corrected chi connectivity index (χ4v) is 4.91. The van der Waals surface area contributed by atoms with Gasteiger partial charge in [0.15, 0.2) is 0 Å². The van der Waals surface area contributed by atoms with Crippen molar-refractivity contribution in [2.75, 3.05) is 56.6 Å². The Hall–Kier alpha value is -2.56. The fourth-order valence-electron chi connectivity index (χ4n) is 4.91. The van der Waals surface area contributed by atoms with Crippen LogP contribution in [0.3, 0.4) is 0 Å². The molecule has 4 heterocycles. The van der Waals surface area contributed by atoms with Gasteiger partial charge in [0.2, 0.25) is 5.95 Å². The Morgan fingerprint density at radius 2 is 1.88 bits per heavy atom. The number of benzene rings is 1. The zero-order chi connectivity index (χ0) is 21.8. The van der Waals surface area contributed by atoms with Crippen LogP contribution >= 0.6 is 0 Å². The van der Waals surface area contributed by atoms with Crippen molar-refractivity contribution < 1.29 is 4.74 Å². The molecule has 170 valence electrons. The molecule has 0 aliphatic carbocycles. The molecule has 3 aliphatic rings. The van der Waals surface area contributed by atoms with Crippen LogP contribution in [-0.4, -0.2) is 67.4 Å². The summed E-state index contributed by atoms with van der Waals surface area (Å²) in [5.74, 6) is 9.18. The van der Waals surface area contributed by atoms with E-state index in [9.17, 15) is 0 Å². The highest BCUT2D eigenvalue weighted by molar-refractivity contribution is 5.92. The van der Waals surface area contributed by atoms with E-state index in [1.54, 1.807) is 7.11 Å². The summed E-state index contributed by atoms with van der Waals surface area (Å²) in [6.45, 7) is 6.20. The van der Waals surface area contributed by atoms with Gasteiger partial charge in [-0.15, -0.1) is 0 Å². The number of nitrogens with one attached hydrogen (secondary N) is 2. The minimum Gasteiger partial charge on any atom is -0.495 e. The Kier molecular flexibility index (Phi) is 6.61. The van der Waals surface area contributed by atoms with E-state index in [0.29, 0.717) is 0 Å². The number of rotatable bonds is 5. The van der Waals surface area contributed by atoms with Crippen LogP contribution in [0, 0.1) is 11.8 Å². The lowest BCUT2D eigenvalue weighted by atomic mass is 10.1. The monoisotopic (exact) mass is 434 g/mol. The number of anilines is 2. The maximum absolute atomic E-state index is 5.73. The second-order valence-corrected chi connectivity index (χ2v) is 9.07. The maximum Gasteiger partial charge on any atom is 0.227 e. The van der Waals surface area contributed by atoms with E-state index >= 15 is 0 Å². The summed E-state index contributed by atoms with van der Waals surface area (Å²) in [6, 6.07) is 4.13. The first kappa shape index (κ1) is 21.3. The number of likely N-dealkylation sites (tertiary alicyclic amines) is 1. The van der Waals surface area contributed by atoms with Gasteiger partial charge in [0, 0.05) is 18.5 Å². The van der Waals surface area contributed by atoms with Gasteiger partial charge in [-0.3, -0.25) is 10.2 Å². The second-order valence-electron chi connectivity index (χ2n) is 9.07. The molecule has 1 atom stereocenters. The van der Waals surface area contributed by atoms with Crippen molar-refractivity contribution in [1.82, 2.24) is 20.2 Å². The average Bonchev–Trinajstić information content (AvgIpc) is 3.54.